The highest BCUT2D eigenvalue weighted by atomic mass is 35.5. The number of anilines is 1. The van der Waals surface area contributed by atoms with E-state index in [1.165, 1.54) is 0 Å². The van der Waals surface area contributed by atoms with Crippen molar-refractivity contribution in [3.05, 3.63) is 24.3 Å². The third kappa shape index (κ3) is 4.33. The molecule has 1 unspecified atom stereocenters. The lowest BCUT2D eigenvalue weighted by Gasteiger charge is -2.11. The fraction of sp³-hybridized carbons (Fsp3) is 0.417. The predicted molar refractivity (Wildman–Crippen MR) is 75.5 cm³/mol. The molecule has 106 valence electrons. The number of benzene rings is 1. The molecule has 1 aliphatic rings. The van der Waals surface area contributed by atoms with Crippen molar-refractivity contribution in [2.24, 2.45) is 0 Å². The molecular formula is C12H15ClF2N2OS. The quantitative estimate of drug-likeness (QED) is 0.844. The monoisotopic (exact) mass is 308 g/mol. The lowest BCUT2D eigenvalue weighted by molar-refractivity contribution is -0.118. The molecule has 0 aromatic heterocycles. The van der Waals surface area contributed by atoms with Crippen LogP contribution in [0.5, 0.6) is 0 Å². The third-order valence-electron chi connectivity index (χ3n) is 2.78. The van der Waals surface area contributed by atoms with E-state index in [0.29, 0.717) is 5.69 Å². The number of amides is 1. The van der Waals surface area contributed by atoms with Crippen LogP contribution < -0.4 is 10.6 Å². The molecule has 0 saturated carbocycles. The minimum atomic E-state index is -2.79. The van der Waals surface area contributed by atoms with Crippen LogP contribution in [-0.4, -0.2) is 30.7 Å². The second-order valence-corrected chi connectivity index (χ2v) is 5.09. The Labute approximate surface area is 120 Å². The Balaban J connectivity index is 0.00000180. The first-order valence-electron chi connectivity index (χ1n) is 5.56. The van der Waals surface area contributed by atoms with Crippen molar-refractivity contribution in [1.82, 2.24) is 5.32 Å². The van der Waals surface area contributed by atoms with Crippen molar-refractivity contribution in [3.8, 4) is 0 Å². The highest BCUT2D eigenvalue weighted by Gasteiger charge is 2.42. The van der Waals surface area contributed by atoms with Crippen molar-refractivity contribution < 1.29 is 13.6 Å². The van der Waals surface area contributed by atoms with E-state index in [1.807, 2.05) is 18.4 Å². The Bertz CT molecular complexity index is 442. The lowest BCUT2D eigenvalue weighted by atomic mass is 10.2. The molecule has 0 spiro atoms. The maximum Gasteiger partial charge on any atom is 0.262 e. The summed E-state index contributed by atoms with van der Waals surface area (Å²) in [6.45, 7) is -0.434. The number of hydrogen-bond donors (Lipinski definition) is 2. The normalized spacial score (nSPS) is 20.7. The van der Waals surface area contributed by atoms with E-state index in [9.17, 15) is 13.6 Å². The Kier molecular flexibility index (Phi) is 5.58. The highest BCUT2D eigenvalue weighted by molar-refractivity contribution is 7.98. The summed E-state index contributed by atoms with van der Waals surface area (Å²) in [6.07, 6.45) is 1.51. The molecule has 1 heterocycles. The molecule has 1 fully saturated rings. The Morgan fingerprint density at radius 2 is 2.05 bits per heavy atom. The number of halogens is 3. The number of thioether (sulfide) groups is 1. The number of carbonyl (C=O) groups is 1. The molecule has 2 rings (SSSR count). The van der Waals surface area contributed by atoms with E-state index in [-0.39, 0.29) is 12.4 Å². The Hall–Kier alpha value is -0.850. The topological polar surface area (TPSA) is 41.1 Å². The van der Waals surface area contributed by atoms with Gasteiger partial charge in [0, 0.05) is 17.0 Å². The van der Waals surface area contributed by atoms with Crippen LogP contribution in [0.1, 0.15) is 6.42 Å². The van der Waals surface area contributed by atoms with E-state index in [0.717, 1.165) is 4.90 Å². The van der Waals surface area contributed by atoms with Gasteiger partial charge < -0.3 is 5.32 Å². The largest absolute Gasteiger partial charge is 0.325 e. The van der Waals surface area contributed by atoms with Gasteiger partial charge in [-0.05, 0) is 30.5 Å². The van der Waals surface area contributed by atoms with E-state index >= 15 is 0 Å². The lowest BCUT2D eigenvalue weighted by Crippen LogP contribution is -2.35. The second kappa shape index (κ2) is 6.54. The third-order valence-corrected chi connectivity index (χ3v) is 3.53. The number of rotatable bonds is 3. The first-order chi connectivity index (χ1) is 8.50. The zero-order valence-electron chi connectivity index (χ0n) is 10.3. The minimum absolute atomic E-state index is 0. The Morgan fingerprint density at radius 3 is 2.53 bits per heavy atom. The average molecular weight is 309 g/mol. The highest BCUT2D eigenvalue weighted by Crippen LogP contribution is 2.26. The summed E-state index contributed by atoms with van der Waals surface area (Å²) in [5.74, 6) is -3.20. The molecule has 3 nitrogen and oxygen atoms in total. The molecule has 0 aliphatic carbocycles. The molecule has 1 aromatic rings. The molecule has 0 bridgehead atoms. The molecule has 1 saturated heterocycles. The summed E-state index contributed by atoms with van der Waals surface area (Å²) in [5, 5.41) is 5.15. The van der Waals surface area contributed by atoms with Gasteiger partial charge in [-0.15, -0.1) is 24.2 Å². The van der Waals surface area contributed by atoms with Crippen molar-refractivity contribution in [3.63, 3.8) is 0 Å². The van der Waals surface area contributed by atoms with Gasteiger partial charge in [-0.3, -0.25) is 10.1 Å². The molecule has 19 heavy (non-hydrogen) atoms. The van der Waals surface area contributed by atoms with Crippen LogP contribution in [0.4, 0.5) is 14.5 Å². The van der Waals surface area contributed by atoms with Gasteiger partial charge in [0.1, 0.15) is 0 Å². The first kappa shape index (κ1) is 16.2. The van der Waals surface area contributed by atoms with Crippen LogP contribution in [0.3, 0.4) is 0 Å². The number of alkyl halides is 2. The van der Waals surface area contributed by atoms with Crippen molar-refractivity contribution in [2.75, 3.05) is 18.1 Å². The fourth-order valence-electron chi connectivity index (χ4n) is 1.80. The van der Waals surface area contributed by atoms with E-state index in [1.54, 1.807) is 23.9 Å². The van der Waals surface area contributed by atoms with Gasteiger partial charge >= 0.3 is 0 Å². The zero-order valence-corrected chi connectivity index (χ0v) is 11.9. The van der Waals surface area contributed by atoms with Gasteiger partial charge in [-0.1, -0.05) is 0 Å². The molecule has 0 radical (unpaired) electrons. The minimum Gasteiger partial charge on any atom is -0.325 e. The second-order valence-electron chi connectivity index (χ2n) is 4.21. The van der Waals surface area contributed by atoms with E-state index in [2.05, 4.69) is 10.6 Å². The van der Waals surface area contributed by atoms with E-state index in [4.69, 9.17) is 0 Å². The van der Waals surface area contributed by atoms with E-state index < -0.39 is 30.8 Å². The average Bonchev–Trinajstić information content (AvgIpc) is 2.71. The molecular weight excluding hydrogens is 294 g/mol. The Morgan fingerprint density at radius 1 is 1.42 bits per heavy atom. The zero-order chi connectivity index (χ0) is 13.2. The molecule has 1 atom stereocenters. The summed E-state index contributed by atoms with van der Waals surface area (Å²) in [5.41, 5.74) is 0.620. The van der Waals surface area contributed by atoms with Crippen molar-refractivity contribution in [1.29, 1.82) is 0 Å². The van der Waals surface area contributed by atoms with Gasteiger partial charge in [0.2, 0.25) is 5.91 Å². The maximum absolute atomic E-state index is 12.9. The predicted octanol–water partition coefficient (Wildman–Crippen LogP) is 2.77. The van der Waals surface area contributed by atoms with Crippen LogP contribution in [-0.2, 0) is 4.79 Å². The van der Waals surface area contributed by atoms with Crippen LogP contribution in [0.15, 0.2) is 29.2 Å². The van der Waals surface area contributed by atoms with Crippen molar-refractivity contribution >= 4 is 35.8 Å². The first-order valence-corrected chi connectivity index (χ1v) is 6.79. The number of carbonyl (C=O) groups excluding carboxylic acids is 1. The fourth-order valence-corrected chi connectivity index (χ4v) is 2.21. The van der Waals surface area contributed by atoms with Gasteiger partial charge in [-0.25, -0.2) is 8.78 Å². The van der Waals surface area contributed by atoms with Crippen molar-refractivity contribution in [2.45, 2.75) is 23.3 Å². The number of hydrogen-bond acceptors (Lipinski definition) is 3. The summed E-state index contributed by atoms with van der Waals surface area (Å²) in [4.78, 5) is 12.8. The van der Waals surface area contributed by atoms with Gasteiger partial charge in [-0.2, -0.15) is 0 Å². The summed E-state index contributed by atoms with van der Waals surface area (Å²) in [6, 6.07) is 6.45. The molecule has 2 N–H and O–H groups in total. The van der Waals surface area contributed by atoms with Crippen LogP contribution in [0.2, 0.25) is 0 Å². The molecule has 1 amide bonds. The SMILES string of the molecule is CSc1ccc(NC(=O)C2CC(F)(F)CN2)cc1.Cl. The van der Waals surface area contributed by atoms with Crippen LogP contribution in [0.25, 0.3) is 0 Å². The summed E-state index contributed by atoms with van der Waals surface area (Å²) < 4.78 is 25.9. The standard InChI is InChI=1S/C12H14F2N2OS.ClH/c1-18-9-4-2-8(3-5-9)16-11(17)10-6-12(13,14)7-15-10;/h2-5,10,15H,6-7H2,1H3,(H,16,17);1H. The summed E-state index contributed by atoms with van der Waals surface area (Å²) >= 11 is 1.60. The van der Waals surface area contributed by atoms with Crippen LogP contribution >= 0.6 is 24.2 Å². The summed E-state index contributed by atoms with van der Waals surface area (Å²) in [7, 11) is 0. The molecule has 7 heteroatoms. The maximum atomic E-state index is 12.9. The smallest absolute Gasteiger partial charge is 0.262 e. The van der Waals surface area contributed by atoms with Gasteiger partial charge in [0.25, 0.3) is 5.92 Å². The van der Waals surface area contributed by atoms with Gasteiger partial charge in [0.15, 0.2) is 0 Å². The van der Waals surface area contributed by atoms with Gasteiger partial charge in [0.05, 0.1) is 12.6 Å². The molecule has 1 aliphatic heterocycles. The van der Waals surface area contributed by atoms with Crippen LogP contribution in [0, 0.1) is 0 Å². The number of nitrogens with one attached hydrogen (secondary N) is 2. The molecule has 1 aromatic carbocycles.